The Balaban J connectivity index is 0.838. The van der Waals surface area contributed by atoms with E-state index in [0.717, 1.165) is 27.3 Å². The lowest BCUT2D eigenvalue weighted by Crippen LogP contribution is -2.58. The number of ether oxygens (including phenoxy) is 4. The highest BCUT2D eigenvalue weighted by Crippen LogP contribution is 2.43. The molecule has 1 fully saturated rings. The standard InChI is InChI=1S/C63H77FN6O13S/c1-39(2)56-55(54(42-10-8-7-9-11-42)57(43-16-18-45(64)19-17-43)69(56)25-24-47(71)32-48(72)34-53(75)76)61(78)67-46-20-22-50(23-21-46)83-31-30-81-27-26-80-28-29-82-37-52(74)68-59(63(4,5)6)62(79)70-36-49(73)33-51(70)60(77)65-35-41-12-14-44(15-13-41)58-40(3)66-38-84-58/h7-23,38-39,47-49,51,59,71-73H,24-37H2,1-6H3,(H,65,77)(H,67,78)(H,68,74)(H,75,76)/t47-,48-,49-,51+,59-/m1/s1. The van der Waals surface area contributed by atoms with Crippen molar-refractivity contribution in [2.45, 2.75) is 117 Å². The van der Waals surface area contributed by atoms with Crippen LogP contribution >= 0.6 is 11.3 Å². The average Bonchev–Trinajstić information content (AvgIpc) is 1.98. The Morgan fingerprint density at radius 3 is 2.07 bits per heavy atom. The van der Waals surface area contributed by atoms with Gasteiger partial charge in [-0.1, -0.05) is 89.2 Å². The van der Waals surface area contributed by atoms with E-state index < -0.39 is 77.6 Å². The van der Waals surface area contributed by atoms with Crippen molar-refractivity contribution in [1.29, 1.82) is 0 Å². The summed E-state index contributed by atoms with van der Waals surface area (Å²) in [5, 5.41) is 49.7. The number of aliphatic hydroxyl groups is 3. The molecule has 1 aliphatic rings. The van der Waals surface area contributed by atoms with Crippen LogP contribution < -0.4 is 20.7 Å². The van der Waals surface area contributed by atoms with Gasteiger partial charge in [0.05, 0.1) is 85.1 Å². The second-order valence-corrected chi connectivity index (χ2v) is 23.0. The molecule has 5 atom stereocenters. The number of nitrogens with zero attached hydrogens (tertiary/aromatic N) is 3. The normalized spacial score (nSPS) is 15.4. The number of aryl methyl sites for hydroxylation is 1. The molecule has 0 radical (unpaired) electrons. The number of aliphatic hydroxyl groups excluding tert-OH is 3. The molecular formula is C63H77FN6O13S. The number of thiazole rings is 1. The van der Waals surface area contributed by atoms with E-state index in [2.05, 4.69) is 20.9 Å². The van der Waals surface area contributed by atoms with E-state index in [1.807, 2.05) is 101 Å². The van der Waals surface area contributed by atoms with E-state index in [-0.39, 0.29) is 91.1 Å². The molecule has 6 aromatic rings. The van der Waals surface area contributed by atoms with Gasteiger partial charge in [0.1, 0.15) is 36.9 Å². The fourth-order valence-electron chi connectivity index (χ4n) is 10.1. The lowest BCUT2D eigenvalue weighted by atomic mass is 9.85. The molecule has 84 heavy (non-hydrogen) atoms. The van der Waals surface area contributed by atoms with Gasteiger partial charge in [-0.25, -0.2) is 9.37 Å². The van der Waals surface area contributed by atoms with Gasteiger partial charge in [0.2, 0.25) is 17.7 Å². The van der Waals surface area contributed by atoms with Crippen molar-refractivity contribution in [2.75, 3.05) is 58.1 Å². The third-order valence-electron chi connectivity index (χ3n) is 14.2. The zero-order valence-corrected chi connectivity index (χ0v) is 49.2. The van der Waals surface area contributed by atoms with Crippen LogP contribution in [0.2, 0.25) is 0 Å². The Kier molecular flexibility index (Phi) is 23.3. The SMILES string of the molecule is Cc1ncsc1-c1ccc(CNC(=O)[C@@H]2C[C@@H](O)CN2C(=O)[C@@H](NC(=O)COCCOCCOCCOc2ccc(NC(=O)c3c(-c4ccccc4)c(-c4ccc(F)cc4)n(CC[C@@H](O)C[C@@H](O)CC(=O)O)c3C(C)C)cc2)C(C)(C)C)cc1. The highest BCUT2D eigenvalue weighted by molar-refractivity contribution is 7.13. The molecule has 0 saturated carbocycles. The van der Waals surface area contributed by atoms with E-state index >= 15 is 0 Å². The van der Waals surface area contributed by atoms with Gasteiger partial charge in [0, 0.05) is 43.0 Å². The van der Waals surface area contributed by atoms with Crippen molar-refractivity contribution in [1.82, 2.24) is 25.1 Å². The van der Waals surface area contributed by atoms with Crippen LogP contribution in [-0.2, 0) is 46.5 Å². The second-order valence-electron chi connectivity index (χ2n) is 22.1. The quantitative estimate of drug-likeness (QED) is 0.0211. The smallest absolute Gasteiger partial charge is 0.305 e. The van der Waals surface area contributed by atoms with Crippen molar-refractivity contribution in [2.24, 2.45) is 5.41 Å². The monoisotopic (exact) mass is 1180 g/mol. The number of hydrogen-bond donors (Lipinski definition) is 7. The number of hydrogen-bond acceptors (Lipinski definition) is 14. The largest absolute Gasteiger partial charge is 0.491 e. The summed E-state index contributed by atoms with van der Waals surface area (Å²) in [5.74, 6) is -3.07. The molecule has 3 heterocycles. The molecule has 2 aromatic heterocycles. The molecule has 0 unspecified atom stereocenters. The highest BCUT2D eigenvalue weighted by Gasteiger charge is 2.44. The summed E-state index contributed by atoms with van der Waals surface area (Å²) >= 11 is 1.56. The number of carboxylic acid groups (broad SMARTS) is 1. The number of carbonyl (C=O) groups excluding carboxylic acids is 4. The first kappa shape index (κ1) is 64.2. The number of benzene rings is 4. The zero-order valence-electron chi connectivity index (χ0n) is 48.3. The summed E-state index contributed by atoms with van der Waals surface area (Å²) in [6.45, 7) is 12.6. The van der Waals surface area contributed by atoms with Gasteiger partial charge in [0.25, 0.3) is 5.91 Å². The fourth-order valence-corrected chi connectivity index (χ4v) is 10.9. The van der Waals surface area contributed by atoms with E-state index in [0.29, 0.717) is 39.5 Å². The predicted octanol–water partition coefficient (Wildman–Crippen LogP) is 7.98. The van der Waals surface area contributed by atoms with Crippen molar-refractivity contribution in [3.63, 3.8) is 0 Å². The second kappa shape index (κ2) is 30.4. The average molecular weight is 1180 g/mol. The minimum absolute atomic E-state index is 0.0452. The van der Waals surface area contributed by atoms with Crippen molar-refractivity contribution >= 4 is 46.6 Å². The van der Waals surface area contributed by atoms with Crippen LogP contribution in [0.1, 0.15) is 93.5 Å². The van der Waals surface area contributed by atoms with Gasteiger partial charge in [-0.2, -0.15) is 0 Å². The summed E-state index contributed by atoms with van der Waals surface area (Å²) in [6.07, 6.45) is -3.65. The molecular weight excluding hydrogens is 1100 g/mol. The third-order valence-corrected chi connectivity index (χ3v) is 15.2. The molecule has 450 valence electrons. The molecule has 7 N–H and O–H groups in total. The maximum Gasteiger partial charge on any atom is 0.305 e. The van der Waals surface area contributed by atoms with Crippen LogP contribution in [0.25, 0.3) is 32.8 Å². The molecule has 19 nitrogen and oxygen atoms in total. The molecule has 0 spiro atoms. The summed E-state index contributed by atoms with van der Waals surface area (Å²) in [6, 6.07) is 28.1. The number of carbonyl (C=O) groups is 5. The van der Waals surface area contributed by atoms with Gasteiger partial charge in [-0.3, -0.25) is 24.0 Å². The first-order valence-electron chi connectivity index (χ1n) is 28.2. The van der Waals surface area contributed by atoms with Gasteiger partial charge >= 0.3 is 5.97 Å². The summed E-state index contributed by atoms with van der Waals surface area (Å²) < 4.78 is 39.0. The number of anilines is 1. The Bertz CT molecular complexity index is 3130. The number of likely N-dealkylation sites (tertiary alicyclic amines) is 1. The minimum atomic E-state index is -1.24. The van der Waals surface area contributed by atoms with E-state index in [1.165, 1.54) is 17.0 Å². The van der Waals surface area contributed by atoms with Crippen LogP contribution in [0.3, 0.4) is 0 Å². The number of β-amino-alcohol motifs (C(OH)–C–C–N with tert-alkyl or cyclic N) is 1. The van der Waals surface area contributed by atoms with Gasteiger partial charge in [0.15, 0.2) is 0 Å². The van der Waals surface area contributed by atoms with E-state index in [1.54, 1.807) is 53.2 Å². The molecule has 4 amide bonds. The number of nitrogens with one attached hydrogen (secondary N) is 3. The summed E-state index contributed by atoms with van der Waals surface area (Å²) in [5.41, 5.74) is 8.10. The van der Waals surface area contributed by atoms with Crippen LogP contribution in [0.5, 0.6) is 5.75 Å². The van der Waals surface area contributed by atoms with Crippen LogP contribution in [0.4, 0.5) is 10.1 Å². The highest BCUT2D eigenvalue weighted by atomic mass is 32.1. The number of carboxylic acids is 1. The van der Waals surface area contributed by atoms with Gasteiger partial charge in [-0.15, -0.1) is 11.3 Å². The van der Waals surface area contributed by atoms with Crippen molar-refractivity contribution < 1.29 is 67.7 Å². The number of amides is 4. The van der Waals surface area contributed by atoms with Crippen LogP contribution in [-0.4, -0.2) is 148 Å². The minimum Gasteiger partial charge on any atom is -0.491 e. The summed E-state index contributed by atoms with van der Waals surface area (Å²) in [4.78, 5) is 73.1. The zero-order chi connectivity index (χ0) is 60.5. The maximum absolute atomic E-state index is 14.6. The number of halogens is 1. The number of rotatable bonds is 30. The lowest BCUT2D eigenvalue weighted by Gasteiger charge is -2.35. The summed E-state index contributed by atoms with van der Waals surface area (Å²) in [7, 11) is 0. The van der Waals surface area contributed by atoms with E-state index in [9.17, 15) is 43.7 Å². The molecule has 7 rings (SSSR count). The molecule has 1 saturated heterocycles. The fraction of sp³-hybridized carbons (Fsp3) is 0.429. The van der Waals surface area contributed by atoms with Crippen LogP contribution in [0, 0.1) is 18.2 Å². The Hall–Kier alpha value is -7.37. The first-order chi connectivity index (χ1) is 40.2. The predicted molar refractivity (Wildman–Crippen MR) is 317 cm³/mol. The molecule has 1 aliphatic heterocycles. The Morgan fingerprint density at radius 1 is 0.810 bits per heavy atom. The molecule has 21 heteroatoms. The maximum atomic E-state index is 14.6. The Labute approximate surface area is 493 Å². The van der Waals surface area contributed by atoms with Crippen molar-refractivity contribution in [3.05, 3.63) is 137 Å². The third kappa shape index (κ3) is 17.8. The first-order valence-corrected chi connectivity index (χ1v) is 29.0. The molecule has 0 aliphatic carbocycles. The van der Waals surface area contributed by atoms with Crippen molar-refractivity contribution in [3.8, 4) is 38.6 Å². The Morgan fingerprint density at radius 2 is 1.45 bits per heavy atom. The number of aliphatic carboxylic acids is 1. The topological polar surface area (TPSA) is 260 Å². The lowest BCUT2D eigenvalue weighted by molar-refractivity contribution is -0.144. The van der Waals surface area contributed by atoms with Gasteiger partial charge < -0.3 is 64.8 Å². The van der Waals surface area contributed by atoms with E-state index in [4.69, 9.17) is 24.1 Å². The van der Waals surface area contributed by atoms with Crippen LogP contribution in [0.15, 0.2) is 109 Å². The number of aromatic nitrogens is 2. The molecule has 4 aromatic carbocycles. The molecule has 0 bridgehead atoms. The van der Waals surface area contributed by atoms with Gasteiger partial charge in [-0.05, 0) is 102 Å².